The summed E-state index contributed by atoms with van der Waals surface area (Å²) in [5, 5.41) is 3.28. The van der Waals surface area contributed by atoms with Crippen LogP contribution in [0.2, 0.25) is 0 Å². The van der Waals surface area contributed by atoms with Crippen molar-refractivity contribution < 1.29 is 9.47 Å². The lowest BCUT2D eigenvalue weighted by atomic mass is 10.1. The lowest BCUT2D eigenvalue weighted by molar-refractivity contribution is 0.242. The largest absolute Gasteiger partial charge is 0.493 e. The zero-order chi connectivity index (χ0) is 13.7. The van der Waals surface area contributed by atoms with Gasteiger partial charge in [-0.15, -0.1) is 0 Å². The van der Waals surface area contributed by atoms with Crippen molar-refractivity contribution in [3.63, 3.8) is 0 Å². The van der Waals surface area contributed by atoms with Crippen LogP contribution in [0.5, 0.6) is 11.5 Å². The standard InChI is InChI=1S/C15H24N2O2/c1-16-10-13-5-4-8-17(13)11-12-6-7-14(18-2)15(9-12)19-3/h6-7,9,13,16H,4-5,8,10-11H2,1-3H3. The highest BCUT2D eigenvalue weighted by molar-refractivity contribution is 5.42. The van der Waals surface area contributed by atoms with Gasteiger partial charge in [0.15, 0.2) is 11.5 Å². The third kappa shape index (κ3) is 3.39. The number of likely N-dealkylation sites (N-methyl/N-ethyl adjacent to an activating group) is 1. The van der Waals surface area contributed by atoms with E-state index in [-0.39, 0.29) is 0 Å². The normalized spacial score (nSPS) is 19.6. The second kappa shape index (κ2) is 6.78. The van der Waals surface area contributed by atoms with Crippen molar-refractivity contribution >= 4 is 0 Å². The molecule has 1 aromatic carbocycles. The summed E-state index contributed by atoms with van der Waals surface area (Å²) >= 11 is 0. The highest BCUT2D eigenvalue weighted by Crippen LogP contribution is 2.29. The first-order chi connectivity index (χ1) is 9.28. The average molecular weight is 264 g/mol. The number of nitrogens with zero attached hydrogens (tertiary/aromatic N) is 1. The van der Waals surface area contributed by atoms with E-state index < -0.39 is 0 Å². The van der Waals surface area contributed by atoms with Crippen LogP contribution in [-0.2, 0) is 6.54 Å². The van der Waals surface area contributed by atoms with Crippen LogP contribution in [0.15, 0.2) is 18.2 Å². The van der Waals surface area contributed by atoms with Crippen LogP contribution in [0.3, 0.4) is 0 Å². The molecule has 1 heterocycles. The van der Waals surface area contributed by atoms with Crippen molar-refractivity contribution in [3.05, 3.63) is 23.8 Å². The van der Waals surface area contributed by atoms with E-state index >= 15 is 0 Å². The molecule has 1 N–H and O–H groups in total. The first-order valence-corrected chi connectivity index (χ1v) is 6.88. The Labute approximate surface area is 115 Å². The van der Waals surface area contributed by atoms with Crippen LogP contribution in [0.1, 0.15) is 18.4 Å². The van der Waals surface area contributed by atoms with Crippen LogP contribution in [0.25, 0.3) is 0 Å². The molecule has 1 aromatic rings. The minimum Gasteiger partial charge on any atom is -0.493 e. The van der Waals surface area contributed by atoms with Crippen LogP contribution in [0, 0.1) is 0 Å². The van der Waals surface area contributed by atoms with E-state index in [1.54, 1.807) is 14.2 Å². The molecule has 0 bridgehead atoms. The van der Waals surface area contributed by atoms with E-state index in [1.165, 1.54) is 24.9 Å². The fourth-order valence-electron chi connectivity index (χ4n) is 2.78. The maximum absolute atomic E-state index is 5.36. The highest BCUT2D eigenvalue weighted by atomic mass is 16.5. The Bertz CT molecular complexity index is 409. The van der Waals surface area contributed by atoms with Gasteiger partial charge in [0.2, 0.25) is 0 Å². The summed E-state index contributed by atoms with van der Waals surface area (Å²) in [6.45, 7) is 3.22. The van der Waals surface area contributed by atoms with Gasteiger partial charge in [0, 0.05) is 19.1 Å². The van der Waals surface area contributed by atoms with Crippen molar-refractivity contribution in [1.29, 1.82) is 0 Å². The molecule has 1 saturated heterocycles. The van der Waals surface area contributed by atoms with Crippen molar-refractivity contribution in [2.45, 2.75) is 25.4 Å². The van der Waals surface area contributed by atoms with E-state index in [1.807, 2.05) is 13.1 Å². The monoisotopic (exact) mass is 264 g/mol. The fourth-order valence-corrected chi connectivity index (χ4v) is 2.78. The molecule has 2 rings (SSSR count). The molecule has 19 heavy (non-hydrogen) atoms. The second-order valence-corrected chi connectivity index (χ2v) is 5.01. The molecular weight excluding hydrogens is 240 g/mol. The van der Waals surface area contributed by atoms with Crippen LogP contribution >= 0.6 is 0 Å². The van der Waals surface area contributed by atoms with Gasteiger partial charge in [0.1, 0.15) is 0 Å². The molecule has 1 aliphatic heterocycles. The molecule has 0 amide bonds. The number of nitrogens with one attached hydrogen (secondary N) is 1. The first-order valence-electron chi connectivity index (χ1n) is 6.88. The molecule has 0 aromatic heterocycles. The average Bonchev–Trinajstić information content (AvgIpc) is 2.86. The van der Waals surface area contributed by atoms with Gasteiger partial charge in [-0.25, -0.2) is 0 Å². The van der Waals surface area contributed by atoms with Gasteiger partial charge in [-0.3, -0.25) is 4.90 Å². The second-order valence-electron chi connectivity index (χ2n) is 5.01. The van der Waals surface area contributed by atoms with Crippen LogP contribution in [0.4, 0.5) is 0 Å². The number of ether oxygens (including phenoxy) is 2. The van der Waals surface area contributed by atoms with Crippen LogP contribution in [-0.4, -0.2) is 45.3 Å². The molecule has 1 atom stereocenters. The van der Waals surface area contributed by atoms with Gasteiger partial charge in [0.25, 0.3) is 0 Å². The van der Waals surface area contributed by atoms with Crippen molar-refractivity contribution in [2.75, 3.05) is 34.4 Å². The quantitative estimate of drug-likeness (QED) is 0.850. The van der Waals surface area contributed by atoms with Crippen molar-refractivity contribution in [2.24, 2.45) is 0 Å². The third-order valence-electron chi connectivity index (χ3n) is 3.77. The molecule has 4 nitrogen and oxygen atoms in total. The predicted octanol–water partition coefficient (Wildman–Crippen LogP) is 1.89. The van der Waals surface area contributed by atoms with E-state index in [0.29, 0.717) is 6.04 Å². The highest BCUT2D eigenvalue weighted by Gasteiger charge is 2.23. The molecule has 1 aliphatic rings. The smallest absolute Gasteiger partial charge is 0.161 e. The van der Waals surface area contributed by atoms with Gasteiger partial charge in [0.05, 0.1) is 14.2 Å². The van der Waals surface area contributed by atoms with E-state index in [4.69, 9.17) is 9.47 Å². The number of hydrogen-bond acceptors (Lipinski definition) is 4. The Balaban J connectivity index is 2.06. The summed E-state index contributed by atoms with van der Waals surface area (Å²) in [5.74, 6) is 1.60. The summed E-state index contributed by atoms with van der Waals surface area (Å²) in [6, 6.07) is 6.83. The zero-order valence-electron chi connectivity index (χ0n) is 12.1. The van der Waals surface area contributed by atoms with E-state index in [9.17, 15) is 0 Å². The molecule has 0 spiro atoms. The summed E-state index contributed by atoms with van der Waals surface area (Å²) in [6.07, 6.45) is 2.58. The number of hydrogen-bond donors (Lipinski definition) is 1. The Kier molecular flexibility index (Phi) is 5.05. The third-order valence-corrected chi connectivity index (χ3v) is 3.77. The van der Waals surface area contributed by atoms with Gasteiger partial charge in [-0.2, -0.15) is 0 Å². The predicted molar refractivity (Wildman–Crippen MR) is 76.9 cm³/mol. The molecule has 4 heteroatoms. The molecule has 0 aliphatic carbocycles. The Hall–Kier alpha value is -1.26. The maximum atomic E-state index is 5.36. The van der Waals surface area contributed by atoms with Gasteiger partial charge < -0.3 is 14.8 Å². The first kappa shape index (κ1) is 14.2. The number of methoxy groups -OCH3 is 2. The number of rotatable bonds is 6. The summed E-state index contributed by atoms with van der Waals surface area (Å²) in [5.41, 5.74) is 1.28. The minimum absolute atomic E-state index is 0.651. The zero-order valence-corrected chi connectivity index (χ0v) is 12.1. The Morgan fingerprint density at radius 2 is 2.05 bits per heavy atom. The van der Waals surface area contributed by atoms with Crippen LogP contribution < -0.4 is 14.8 Å². The van der Waals surface area contributed by atoms with Gasteiger partial charge in [-0.05, 0) is 44.1 Å². The van der Waals surface area contributed by atoms with Gasteiger partial charge in [-0.1, -0.05) is 6.07 Å². The maximum Gasteiger partial charge on any atom is 0.161 e. The topological polar surface area (TPSA) is 33.7 Å². The summed E-state index contributed by atoms with van der Waals surface area (Å²) < 4.78 is 10.6. The molecule has 1 unspecified atom stereocenters. The summed E-state index contributed by atoms with van der Waals surface area (Å²) in [4.78, 5) is 2.54. The molecule has 0 radical (unpaired) electrons. The molecule has 1 fully saturated rings. The van der Waals surface area contributed by atoms with E-state index in [0.717, 1.165) is 24.6 Å². The molecule has 0 saturated carbocycles. The summed E-state index contributed by atoms with van der Waals surface area (Å²) in [7, 11) is 5.37. The number of likely N-dealkylation sites (tertiary alicyclic amines) is 1. The Morgan fingerprint density at radius 3 is 2.74 bits per heavy atom. The molecule has 106 valence electrons. The SMILES string of the molecule is CNCC1CCCN1Cc1ccc(OC)c(OC)c1. The lowest BCUT2D eigenvalue weighted by Gasteiger charge is -2.24. The lowest BCUT2D eigenvalue weighted by Crippen LogP contribution is -2.36. The van der Waals surface area contributed by atoms with Crippen molar-refractivity contribution in [1.82, 2.24) is 10.2 Å². The molecular formula is C15H24N2O2. The van der Waals surface area contributed by atoms with Gasteiger partial charge >= 0.3 is 0 Å². The number of benzene rings is 1. The minimum atomic E-state index is 0.651. The fraction of sp³-hybridized carbons (Fsp3) is 0.600. The van der Waals surface area contributed by atoms with Crippen molar-refractivity contribution in [3.8, 4) is 11.5 Å². The Morgan fingerprint density at radius 1 is 1.26 bits per heavy atom. The van der Waals surface area contributed by atoms with E-state index in [2.05, 4.69) is 22.3 Å².